The van der Waals surface area contributed by atoms with Crippen LogP contribution in [0.4, 0.5) is 15.8 Å². The van der Waals surface area contributed by atoms with E-state index < -0.39 is 6.17 Å². The molecule has 7 rings (SSSR count). The molecule has 2 N–H and O–H groups in total. The van der Waals surface area contributed by atoms with Gasteiger partial charge in [-0.15, -0.1) is 11.3 Å². The second-order valence-electron chi connectivity index (χ2n) is 10.9. The fourth-order valence-corrected chi connectivity index (χ4v) is 7.27. The van der Waals surface area contributed by atoms with Gasteiger partial charge in [0.2, 0.25) is 0 Å². The van der Waals surface area contributed by atoms with Gasteiger partial charge in [-0.2, -0.15) is 0 Å². The predicted molar refractivity (Wildman–Crippen MR) is 177 cm³/mol. The zero-order valence-electron chi connectivity index (χ0n) is 23.2. The zero-order chi connectivity index (χ0) is 28.2. The average Bonchev–Trinajstić information content (AvgIpc) is 3.36. The number of anilines is 1. The summed E-state index contributed by atoms with van der Waals surface area (Å²) in [6, 6.07) is 32.7. The molecule has 0 aliphatic heterocycles. The number of alkyl halides is 1. The Morgan fingerprint density at radius 1 is 0.659 bits per heavy atom. The summed E-state index contributed by atoms with van der Waals surface area (Å²) in [6.45, 7) is 6.49. The van der Waals surface area contributed by atoms with E-state index in [1.54, 1.807) is 0 Å². The van der Waals surface area contributed by atoms with E-state index in [4.69, 9.17) is 5.73 Å². The second-order valence-corrected chi connectivity index (χ2v) is 11.9. The first-order valence-corrected chi connectivity index (χ1v) is 14.6. The van der Waals surface area contributed by atoms with Gasteiger partial charge in [0, 0.05) is 37.2 Å². The molecule has 7 aromatic rings. The average molecular weight is 553 g/mol. The van der Waals surface area contributed by atoms with Gasteiger partial charge < -0.3 is 5.73 Å². The number of halogens is 1. The molecule has 0 bridgehead atoms. The summed E-state index contributed by atoms with van der Waals surface area (Å²) in [4.78, 5) is 4.64. The van der Waals surface area contributed by atoms with Crippen molar-refractivity contribution in [3.63, 3.8) is 0 Å². The Balaban J connectivity index is 1.28. The van der Waals surface area contributed by atoms with Crippen LogP contribution in [0.3, 0.4) is 0 Å². The highest BCUT2D eigenvalue weighted by Crippen LogP contribution is 2.42. The highest BCUT2D eigenvalue weighted by molar-refractivity contribution is 7.26. The Morgan fingerprint density at radius 3 is 2.05 bits per heavy atom. The topological polar surface area (TPSA) is 38.4 Å². The molecule has 1 unspecified atom stereocenters. The summed E-state index contributed by atoms with van der Waals surface area (Å²) in [5, 5.41) is 6.51. The standard InChI is InChI=1S/C37H29FN2S/c1-21-15-22(2)36-31(16-21)32-19-26(17-23(3)37(32)41-36)24-9-8-10-25(18-24)33(38)20-40-35-30-14-7-5-12-28(30)27-11-4-6-13-29(27)34(35)39/h4-20,33H,39H2,1-3H3/b40-20-. The smallest absolute Gasteiger partial charge is 0.160 e. The van der Waals surface area contributed by atoms with Gasteiger partial charge in [0.1, 0.15) is 0 Å². The zero-order valence-corrected chi connectivity index (χ0v) is 24.0. The van der Waals surface area contributed by atoms with Gasteiger partial charge >= 0.3 is 0 Å². The minimum atomic E-state index is -1.38. The Labute approximate surface area is 242 Å². The maximum atomic E-state index is 15.8. The van der Waals surface area contributed by atoms with Gasteiger partial charge in [-0.05, 0) is 83.6 Å². The molecule has 2 nitrogen and oxygen atoms in total. The maximum Gasteiger partial charge on any atom is 0.160 e. The van der Waals surface area contributed by atoms with Crippen LogP contribution in [0.2, 0.25) is 0 Å². The van der Waals surface area contributed by atoms with Crippen molar-refractivity contribution in [2.45, 2.75) is 26.9 Å². The molecule has 0 fully saturated rings. The number of nitrogens with two attached hydrogens (primary N) is 1. The first kappa shape index (κ1) is 25.4. The van der Waals surface area contributed by atoms with Crippen LogP contribution in [0, 0.1) is 20.8 Å². The van der Waals surface area contributed by atoms with Crippen LogP contribution in [-0.2, 0) is 0 Å². The van der Waals surface area contributed by atoms with Crippen molar-refractivity contribution in [3.05, 3.63) is 119 Å². The van der Waals surface area contributed by atoms with E-state index in [1.165, 1.54) is 43.1 Å². The molecule has 41 heavy (non-hydrogen) atoms. The van der Waals surface area contributed by atoms with E-state index in [2.05, 4.69) is 62.2 Å². The van der Waals surface area contributed by atoms with Crippen molar-refractivity contribution < 1.29 is 4.39 Å². The second kappa shape index (κ2) is 9.83. The molecule has 0 radical (unpaired) electrons. The molecule has 0 aliphatic rings. The molecule has 4 heteroatoms. The number of nitrogens with zero attached hydrogens (tertiary/aromatic N) is 1. The maximum absolute atomic E-state index is 15.8. The summed E-state index contributed by atoms with van der Waals surface area (Å²) >= 11 is 1.85. The normalized spacial score (nSPS) is 12.8. The molecule has 0 amide bonds. The fraction of sp³-hybridized carbons (Fsp3) is 0.108. The Hall–Kier alpha value is -4.54. The summed E-state index contributed by atoms with van der Waals surface area (Å²) in [7, 11) is 0. The van der Waals surface area contributed by atoms with E-state index in [0.717, 1.165) is 32.7 Å². The van der Waals surface area contributed by atoms with Gasteiger partial charge in [-0.3, -0.25) is 4.99 Å². The summed E-state index contributed by atoms with van der Waals surface area (Å²) < 4.78 is 18.4. The highest BCUT2D eigenvalue weighted by Gasteiger charge is 2.15. The lowest BCUT2D eigenvalue weighted by molar-refractivity contribution is 0.446. The van der Waals surface area contributed by atoms with Crippen LogP contribution >= 0.6 is 11.3 Å². The predicted octanol–water partition coefficient (Wildman–Crippen LogP) is 10.9. The van der Waals surface area contributed by atoms with Gasteiger partial charge in [0.05, 0.1) is 11.4 Å². The van der Waals surface area contributed by atoms with Crippen LogP contribution in [0.5, 0.6) is 0 Å². The summed E-state index contributed by atoms with van der Waals surface area (Å²) in [6.07, 6.45) is -0.00465. The quantitative estimate of drug-likeness (QED) is 0.132. The molecule has 1 heterocycles. The minimum Gasteiger partial charge on any atom is -0.396 e. The number of hydrogen-bond acceptors (Lipinski definition) is 3. The number of rotatable bonds is 4. The molecular weight excluding hydrogens is 523 g/mol. The Kier molecular flexibility index (Phi) is 6.09. The van der Waals surface area contributed by atoms with Gasteiger partial charge in [-0.25, -0.2) is 4.39 Å². The highest BCUT2D eigenvalue weighted by atomic mass is 32.1. The number of thiophene rings is 1. The number of nitrogen functional groups attached to an aromatic ring is 1. The number of aryl methyl sites for hydroxylation is 3. The SMILES string of the molecule is Cc1cc(C)c2sc3c(C)cc(-c4cccc(C(F)/C=N\c5c(N)c6ccccc6c6ccccc56)c4)cc3c2c1. The third-order valence-electron chi connectivity index (χ3n) is 8.01. The molecule has 0 aliphatic carbocycles. The van der Waals surface area contributed by atoms with Crippen LogP contribution in [0.15, 0.2) is 102 Å². The fourth-order valence-electron chi connectivity index (χ4n) is 6.07. The number of benzene rings is 6. The van der Waals surface area contributed by atoms with E-state index in [1.807, 2.05) is 72.0 Å². The Morgan fingerprint density at radius 2 is 1.29 bits per heavy atom. The molecule has 1 atom stereocenters. The van der Waals surface area contributed by atoms with Crippen molar-refractivity contribution >= 4 is 70.6 Å². The van der Waals surface area contributed by atoms with Crippen molar-refractivity contribution in [3.8, 4) is 11.1 Å². The number of aliphatic imine (C=N–C) groups is 1. The number of fused-ring (bicyclic) bond motifs is 6. The molecule has 6 aromatic carbocycles. The third kappa shape index (κ3) is 4.27. The first-order valence-electron chi connectivity index (χ1n) is 13.8. The number of hydrogen-bond donors (Lipinski definition) is 1. The van der Waals surface area contributed by atoms with E-state index in [9.17, 15) is 0 Å². The van der Waals surface area contributed by atoms with E-state index in [-0.39, 0.29) is 0 Å². The molecule has 200 valence electrons. The molecule has 0 spiro atoms. The molecule has 1 aromatic heterocycles. The van der Waals surface area contributed by atoms with Crippen LogP contribution in [-0.4, -0.2) is 6.21 Å². The van der Waals surface area contributed by atoms with Crippen LogP contribution in [0.25, 0.3) is 52.8 Å². The lowest BCUT2D eigenvalue weighted by atomic mass is 9.97. The van der Waals surface area contributed by atoms with Crippen molar-refractivity contribution in [1.29, 1.82) is 0 Å². The summed E-state index contributed by atoms with van der Waals surface area (Å²) in [5.41, 5.74) is 14.2. The van der Waals surface area contributed by atoms with E-state index in [0.29, 0.717) is 16.9 Å². The van der Waals surface area contributed by atoms with Gasteiger partial charge in [0.15, 0.2) is 6.17 Å². The lowest BCUT2D eigenvalue weighted by Gasteiger charge is -2.12. The van der Waals surface area contributed by atoms with Crippen molar-refractivity contribution in [2.24, 2.45) is 4.99 Å². The first-order chi connectivity index (χ1) is 19.9. The minimum absolute atomic E-state index is 0.564. The molecule has 0 saturated heterocycles. The molecule has 0 saturated carbocycles. The van der Waals surface area contributed by atoms with Gasteiger partial charge in [-0.1, -0.05) is 78.4 Å². The molecular formula is C37H29FN2S. The Bertz CT molecular complexity index is 2170. The van der Waals surface area contributed by atoms with Gasteiger partial charge in [0.25, 0.3) is 0 Å². The largest absolute Gasteiger partial charge is 0.396 e. The third-order valence-corrected chi connectivity index (χ3v) is 9.50. The van der Waals surface area contributed by atoms with Crippen LogP contribution in [0.1, 0.15) is 28.4 Å². The summed E-state index contributed by atoms with van der Waals surface area (Å²) in [5.74, 6) is 0. The van der Waals surface area contributed by atoms with Crippen molar-refractivity contribution in [1.82, 2.24) is 0 Å². The van der Waals surface area contributed by atoms with Crippen LogP contribution < -0.4 is 5.73 Å². The lowest BCUT2D eigenvalue weighted by Crippen LogP contribution is -1.95. The van der Waals surface area contributed by atoms with Crippen molar-refractivity contribution in [2.75, 3.05) is 5.73 Å². The monoisotopic (exact) mass is 552 g/mol. The van der Waals surface area contributed by atoms with E-state index >= 15 is 4.39 Å².